The van der Waals surface area contributed by atoms with Gasteiger partial charge in [0.05, 0.1) is 4.88 Å². The molecule has 0 unspecified atom stereocenters. The van der Waals surface area contributed by atoms with Crippen molar-refractivity contribution in [1.82, 2.24) is 0 Å². The van der Waals surface area contributed by atoms with Crippen LogP contribution in [0.5, 0.6) is 5.75 Å². The van der Waals surface area contributed by atoms with E-state index < -0.39 is 0 Å². The molecule has 0 fully saturated rings. The minimum atomic E-state index is -0.388. The molecule has 2 aromatic rings. The van der Waals surface area contributed by atoms with Gasteiger partial charge in [-0.3, -0.25) is 4.79 Å². The highest BCUT2D eigenvalue weighted by molar-refractivity contribution is 9.10. The molecule has 3 nitrogen and oxygen atoms in total. The van der Waals surface area contributed by atoms with Gasteiger partial charge in [-0.25, -0.2) is 0 Å². The summed E-state index contributed by atoms with van der Waals surface area (Å²) in [6, 6.07) is 7.67. The summed E-state index contributed by atoms with van der Waals surface area (Å²) in [5.41, 5.74) is 7.33. The van der Waals surface area contributed by atoms with E-state index in [-0.39, 0.29) is 5.91 Å². The first-order chi connectivity index (χ1) is 8.15. The second-order valence-electron chi connectivity index (χ2n) is 3.76. The third-order valence-electron chi connectivity index (χ3n) is 2.62. The topological polar surface area (TPSA) is 52.3 Å². The first kappa shape index (κ1) is 10.8. The van der Waals surface area contributed by atoms with Gasteiger partial charge in [-0.1, -0.05) is 15.9 Å². The number of primary amides is 1. The highest BCUT2D eigenvalue weighted by Crippen LogP contribution is 2.43. The summed E-state index contributed by atoms with van der Waals surface area (Å²) in [5.74, 6) is 0.458. The van der Waals surface area contributed by atoms with Crippen LogP contribution in [-0.2, 0) is 6.61 Å². The standard InChI is InChI=1S/C12H8BrNO2S/c13-7-1-2-9-8(4-7)11-6(5-16-9)3-10(17-11)12(14)15/h1-4H,5H2,(H2,14,15). The van der Waals surface area contributed by atoms with Crippen LogP contribution in [0.3, 0.4) is 0 Å². The van der Waals surface area contributed by atoms with Gasteiger partial charge in [0.2, 0.25) is 0 Å². The van der Waals surface area contributed by atoms with Crippen molar-refractivity contribution in [3.05, 3.63) is 39.2 Å². The Hall–Kier alpha value is -1.33. The minimum Gasteiger partial charge on any atom is -0.488 e. The summed E-state index contributed by atoms with van der Waals surface area (Å²) in [6.45, 7) is 0.494. The summed E-state index contributed by atoms with van der Waals surface area (Å²) in [6.07, 6.45) is 0. The molecule has 3 rings (SSSR count). The van der Waals surface area contributed by atoms with Gasteiger partial charge in [-0.2, -0.15) is 0 Å². The van der Waals surface area contributed by atoms with Crippen molar-refractivity contribution in [2.45, 2.75) is 6.61 Å². The number of rotatable bonds is 1. The molecular formula is C12H8BrNO2S. The average molecular weight is 310 g/mol. The van der Waals surface area contributed by atoms with Gasteiger partial charge in [-0.05, 0) is 24.3 Å². The lowest BCUT2D eigenvalue weighted by atomic mass is 10.1. The summed E-state index contributed by atoms with van der Waals surface area (Å²) in [5, 5.41) is 0. The molecule has 0 atom stereocenters. The van der Waals surface area contributed by atoms with Crippen molar-refractivity contribution in [3.63, 3.8) is 0 Å². The number of carbonyl (C=O) groups is 1. The molecule has 17 heavy (non-hydrogen) atoms. The molecule has 0 spiro atoms. The van der Waals surface area contributed by atoms with Gasteiger partial charge < -0.3 is 10.5 Å². The Morgan fingerprint density at radius 3 is 3.00 bits per heavy atom. The van der Waals surface area contributed by atoms with Crippen LogP contribution in [0, 0.1) is 0 Å². The van der Waals surface area contributed by atoms with E-state index in [2.05, 4.69) is 15.9 Å². The fourth-order valence-corrected chi connectivity index (χ4v) is 3.25. The van der Waals surface area contributed by atoms with Crippen LogP contribution in [0.4, 0.5) is 0 Å². The minimum absolute atomic E-state index is 0.388. The summed E-state index contributed by atoms with van der Waals surface area (Å²) in [4.78, 5) is 12.8. The molecule has 2 N–H and O–H groups in total. The van der Waals surface area contributed by atoms with Crippen molar-refractivity contribution >= 4 is 33.2 Å². The highest BCUT2D eigenvalue weighted by Gasteiger charge is 2.21. The molecule has 1 aromatic carbocycles. The fraction of sp³-hybridized carbons (Fsp3) is 0.0833. The predicted octanol–water partition coefficient (Wildman–Crippen LogP) is 3.17. The first-order valence-electron chi connectivity index (χ1n) is 5.00. The molecule has 0 aliphatic carbocycles. The average Bonchev–Trinajstić information content (AvgIpc) is 2.73. The Morgan fingerprint density at radius 2 is 2.24 bits per heavy atom. The number of thiophene rings is 1. The van der Waals surface area contributed by atoms with E-state index in [4.69, 9.17) is 10.5 Å². The number of benzene rings is 1. The summed E-state index contributed by atoms with van der Waals surface area (Å²) >= 11 is 4.85. The van der Waals surface area contributed by atoms with Gasteiger partial charge >= 0.3 is 0 Å². The Balaban J connectivity index is 2.21. The van der Waals surface area contributed by atoms with Crippen molar-refractivity contribution in [3.8, 4) is 16.2 Å². The number of amides is 1. The maximum Gasteiger partial charge on any atom is 0.258 e. The molecule has 1 aliphatic rings. The molecule has 0 saturated carbocycles. The normalized spacial score (nSPS) is 12.5. The fourth-order valence-electron chi connectivity index (χ4n) is 1.85. The molecule has 0 saturated heterocycles. The first-order valence-corrected chi connectivity index (χ1v) is 6.61. The van der Waals surface area contributed by atoms with Crippen LogP contribution in [-0.4, -0.2) is 5.91 Å². The van der Waals surface area contributed by atoms with Gasteiger partial charge in [0.1, 0.15) is 12.4 Å². The Kier molecular flexibility index (Phi) is 2.45. The highest BCUT2D eigenvalue weighted by atomic mass is 79.9. The van der Waals surface area contributed by atoms with E-state index in [1.807, 2.05) is 24.3 Å². The zero-order valence-electron chi connectivity index (χ0n) is 8.70. The van der Waals surface area contributed by atoms with E-state index in [9.17, 15) is 4.79 Å². The molecule has 2 heterocycles. The lowest BCUT2D eigenvalue weighted by molar-refractivity contribution is 0.100. The van der Waals surface area contributed by atoms with Crippen molar-refractivity contribution in [2.75, 3.05) is 0 Å². The monoisotopic (exact) mass is 309 g/mol. The number of ether oxygens (including phenoxy) is 1. The van der Waals surface area contributed by atoms with Crippen molar-refractivity contribution < 1.29 is 9.53 Å². The van der Waals surface area contributed by atoms with Crippen LogP contribution in [0.15, 0.2) is 28.7 Å². The van der Waals surface area contributed by atoms with Crippen LogP contribution in [0.2, 0.25) is 0 Å². The smallest absolute Gasteiger partial charge is 0.258 e. The molecule has 86 valence electrons. The summed E-state index contributed by atoms with van der Waals surface area (Å²) in [7, 11) is 0. The van der Waals surface area contributed by atoms with Crippen molar-refractivity contribution in [2.24, 2.45) is 5.73 Å². The van der Waals surface area contributed by atoms with E-state index in [1.54, 1.807) is 0 Å². The molecule has 0 radical (unpaired) electrons. The Labute approximate surface area is 110 Å². The van der Waals surface area contributed by atoms with E-state index >= 15 is 0 Å². The van der Waals surface area contributed by atoms with E-state index in [0.717, 1.165) is 26.2 Å². The third-order valence-corrected chi connectivity index (χ3v) is 4.34. The second-order valence-corrected chi connectivity index (χ2v) is 5.73. The quantitative estimate of drug-likeness (QED) is 0.879. The largest absolute Gasteiger partial charge is 0.488 e. The molecule has 1 aliphatic heterocycles. The number of hydrogen-bond acceptors (Lipinski definition) is 3. The van der Waals surface area contributed by atoms with E-state index in [1.165, 1.54) is 11.3 Å². The molecular weight excluding hydrogens is 302 g/mol. The predicted molar refractivity (Wildman–Crippen MR) is 70.3 cm³/mol. The lowest BCUT2D eigenvalue weighted by Gasteiger charge is -2.17. The maximum atomic E-state index is 11.2. The number of halogens is 1. The molecule has 0 bridgehead atoms. The van der Waals surface area contributed by atoms with Gasteiger partial charge in [-0.15, -0.1) is 11.3 Å². The zero-order chi connectivity index (χ0) is 12.0. The number of carbonyl (C=O) groups excluding carboxylic acids is 1. The lowest BCUT2D eigenvalue weighted by Crippen LogP contribution is -2.08. The van der Waals surface area contributed by atoms with Crippen molar-refractivity contribution in [1.29, 1.82) is 0 Å². The SMILES string of the molecule is NC(=O)c1cc2c(s1)-c1cc(Br)ccc1OC2. The Morgan fingerprint density at radius 1 is 1.41 bits per heavy atom. The van der Waals surface area contributed by atoms with E-state index in [0.29, 0.717) is 11.5 Å². The maximum absolute atomic E-state index is 11.2. The molecule has 1 amide bonds. The number of fused-ring (bicyclic) bond motifs is 3. The van der Waals surface area contributed by atoms with Crippen LogP contribution in [0.25, 0.3) is 10.4 Å². The second kappa shape index (κ2) is 3.85. The van der Waals surface area contributed by atoms with Crippen LogP contribution in [0.1, 0.15) is 15.2 Å². The van der Waals surface area contributed by atoms with Gasteiger partial charge in [0.25, 0.3) is 5.91 Å². The third kappa shape index (κ3) is 1.75. The number of nitrogens with two attached hydrogens (primary N) is 1. The van der Waals surface area contributed by atoms with Gasteiger partial charge in [0.15, 0.2) is 0 Å². The van der Waals surface area contributed by atoms with Crippen LogP contribution < -0.4 is 10.5 Å². The number of hydrogen-bond donors (Lipinski definition) is 1. The van der Waals surface area contributed by atoms with Crippen LogP contribution >= 0.6 is 27.3 Å². The zero-order valence-corrected chi connectivity index (χ0v) is 11.1. The molecule has 5 heteroatoms. The summed E-state index contributed by atoms with van der Waals surface area (Å²) < 4.78 is 6.62. The Bertz CT molecular complexity index is 621. The molecule has 1 aromatic heterocycles. The van der Waals surface area contributed by atoms with Gasteiger partial charge in [0, 0.05) is 20.5 Å².